The first-order chi connectivity index (χ1) is 19.0. The van der Waals surface area contributed by atoms with Crippen LogP contribution in [-0.4, -0.2) is 12.1 Å². The van der Waals surface area contributed by atoms with E-state index < -0.39 is 0 Å². The molecule has 0 amide bonds. The Morgan fingerprint density at radius 1 is 0.900 bits per heavy atom. The molecule has 4 N–H and O–H groups in total. The van der Waals surface area contributed by atoms with Crippen LogP contribution in [0.15, 0.2) is 18.2 Å². The first kappa shape index (κ1) is 29.8. The standard InChI is InChI=1S/C36H58N2O2/c1-23(2)7-6-8-24(3)31-12-13-32-30-11-10-26-21-29(15-17-35(26,4)33(30)16-18-36(31,32)5)40-34(39)14-9-25-19-27(37)22-28(38)20-25/h19-20,22-24,26,29-33H,6-18,21,37-38H2,1-5H3. The fraction of sp³-hybridized carbons (Fsp3) is 0.806. The Kier molecular flexibility index (Phi) is 8.84. The Morgan fingerprint density at radius 3 is 2.33 bits per heavy atom. The molecule has 5 rings (SSSR count). The van der Waals surface area contributed by atoms with Gasteiger partial charge in [0, 0.05) is 17.8 Å². The van der Waals surface area contributed by atoms with Gasteiger partial charge in [0.1, 0.15) is 6.10 Å². The summed E-state index contributed by atoms with van der Waals surface area (Å²) in [5.41, 5.74) is 15.1. The van der Waals surface area contributed by atoms with Crippen molar-refractivity contribution in [2.75, 3.05) is 11.5 Å². The second-order valence-electron chi connectivity index (χ2n) is 15.6. The average molecular weight is 551 g/mol. The van der Waals surface area contributed by atoms with Crippen LogP contribution < -0.4 is 11.5 Å². The van der Waals surface area contributed by atoms with Crippen LogP contribution >= 0.6 is 0 Å². The molecule has 4 fully saturated rings. The fourth-order valence-corrected chi connectivity index (χ4v) is 10.7. The highest BCUT2D eigenvalue weighted by Gasteiger charge is 2.60. The van der Waals surface area contributed by atoms with Crippen LogP contribution in [-0.2, 0) is 16.0 Å². The van der Waals surface area contributed by atoms with Gasteiger partial charge < -0.3 is 16.2 Å². The van der Waals surface area contributed by atoms with Crippen LogP contribution in [0.4, 0.5) is 11.4 Å². The summed E-state index contributed by atoms with van der Waals surface area (Å²) in [6, 6.07) is 5.57. The van der Waals surface area contributed by atoms with Crippen molar-refractivity contribution < 1.29 is 9.53 Å². The quantitative estimate of drug-likeness (QED) is 0.238. The number of carbonyl (C=O) groups excluding carboxylic acids is 1. The van der Waals surface area contributed by atoms with Gasteiger partial charge in [-0.15, -0.1) is 0 Å². The molecular formula is C36H58N2O2. The molecule has 1 aromatic carbocycles. The summed E-state index contributed by atoms with van der Waals surface area (Å²) >= 11 is 0. The zero-order valence-corrected chi connectivity index (χ0v) is 26.2. The monoisotopic (exact) mass is 550 g/mol. The molecule has 0 saturated heterocycles. The number of rotatable bonds is 9. The lowest BCUT2D eigenvalue weighted by molar-refractivity contribution is -0.162. The minimum atomic E-state index is -0.0729. The van der Waals surface area contributed by atoms with Crippen LogP contribution in [0.3, 0.4) is 0 Å². The van der Waals surface area contributed by atoms with E-state index >= 15 is 0 Å². The molecule has 0 radical (unpaired) electrons. The van der Waals surface area contributed by atoms with Crippen LogP contribution in [0.1, 0.15) is 124 Å². The van der Waals surface area contributed by atoms with E-state index in [4.69, 9.17) is 16.2 Å². The number of hydrogen-bond donors (Lipinski definition) is 2. The van der Waals surface area contributed by atoms with E-state index in [1.807, 2.05) is 12.1 Å². The number of esters is 1. The molecular weight excluding hydrogens is 492 g/mol. The van der Waals surface area contributed by atoms with Crippen molar-refractivity contribution in [2.45, 2.75) is 131 Å². The van der Waals surface area contributed by atoms with Crippen molar-refractivity contribution in [1.82, 2.24) is 0 Å². The summed E-state index contributed by atoms with van der Waals surface area (Å²) in [5.74, 6) is 5.97. The summed E-state index contributed by atoms with van der Waals surface area (Å²) in [6.07, 6.45) is 17.2. The number of hydrogen-bond acceptors (Lipinski definition) is 4. The third kappa shape index (κ3) is 5.93. The van der Waals surface area contributed by atoms with Crippen molar-refractivity contribution in [3.05, 3.63) is 23.8 Å². The van der Waals surface area contributed by atoms with Crippen molar-refractivity contribution >= 4 is 17.3 Å². The average Bonchev–Trinajstić information content (AvgIpc) is 3.24. The molecule has 4 heteroatoms. The van der Waals surface area contributed by atoms with Crippen molar-refractivity contribution in [3.63, 3.8) is 0 Å². The molecule has 0 aliphatic heterocycles. The predicted molar refractivity (Wildman–Crippen MR) is 167 cm³/mol. The molecule has 9 unspecified atom stereocenters. The molecule has 0 bridgehead atoms. The minimum absolute atomic E-state index is 0.0729. The summed E-state index contributed by atoms with van der Waals surface area (Å²) in [4.78, 5) is 12.8. The van der Waals surface area contributed by atoms with Crippen molar-refractivity contribution in [2.24, 2.45) is 52.3 Å². The zero-order chi connectivity index (χ0) is 28.7. The zero-order valence-electron chi connectivity index (χ0n) is 26.2. The van der Waals surface area contributed by atoms with Gasteiger partial charge in [0.25, 0.3) is 0 Å². The maximum Gasteiger partial charge on any atom is 0.306 e. The Labute approximate surface area is 244 Å². The minimum Gasteiger partial charge on any atom is -0.462 e. The molecule has 9 atom stereocenters. The summed E-state index contributed by atoms with van der Waals surface area (Å²) in [6.45, 7) is 12.6. The lowest BCUT2D eigenvalue weighted by Crippen LogP contribution is -2.54. The van der Waals surface area contributed by atoms with Gasteiger partial charge in [-0.25, -0.2) is 0 Å². The van der Waals surface area contributed by atoms with Gasteiger partial charge in [-0.05, 0) is 140 Å². The van der Waals surface area contributed by atoms with E-state index in [2.05, 4.69) is 34.6 Å². The van der Waals surface area contributed by atoms with Crippen LogP contribution in [0.5, 0.6) is 0 Å². The summed E-state index contributed by atoms with van der Waals surface area (Å²) in [7, 11) is 0. The number of anilines is 2. The van der Waals surface area contributed by atoms with Gasteiger partial charge in [-0.2, -0.15) is 0 Å². The molecule has 224 valence electrons. The van der Waals surface area contributed by atoms with Crippen LogP contribution in [0, 0.1) is 52.3 Å². The second-order valence-corrected chi connectivity index (χ2v) is 15.6. The Hall–Kier alpha value is -1.71. The van der Waals surface area contributed by atoms with Gasteiger partial charge in [-0.1, -0.05) is 53.9 Å². The highest BCUT2D eigenvalue weighted by molar-refractivity contribution is 5.70. The topological polar surface area (TPSA) is 78.3 Å². The van der Waals surface area contributed by atoms with Crippen LogP contribution in [0.25, 0.3) is 0 Å². The molecule has 40 heavy (non-hydrogen) atoms. The number of ether oxygens (including phenoxy) is 1. The normalized spacial score (nSPS) is 37.9. The SMILES string of the molecule is CC(C)CCCC(C)C1CCC2C3CCC4CC(OC(=O)CCc5cc(N)cc(N)c5)CCC4(C)C3CCC12C. The van der Waals surface area contributed by atoms with Gasteiger partial charge in [0.05, 0.1) is 0 Å². The molecule has 4 saturated carbocycles. The van der Waals surface area contributed by atoms with Gasteiger partial charge in [-0.3, -0.25) is 4.79 Å². The lowest BCUT2D eigenvalue weighted by atomic mass is 9.44. The van der Waals surface area contributed by atoms with Gasteiger partial charge in [0.15, 0.2) is 0 Å². The van der Waals surface area contributed by atoms with Crippen molar-refractivity contribution in [1.29, 1.82) is 0 Å². The smallest absolute Gasteiger partial charge is 0.306 e. The molecule has 0 heterocycles. The van der Waals surface area contributed by atoms with E-state index in [-0.39, 0.29) is 12.1 Å². The maximum absolute atomic E-state index is 12.8. The van der Waals surface area contributed by atoms with E-state index in [0.29, 0.717) is 41.0 Å². The molecule has 1 aromatic rings. The number of carbonyl (C=O) groups is 1. The van der Waals surface area contributed by atoms with Crippen molar-refractivity contribution in [3.8, 4) is 0 Å². The number of nitrogen functional groups attached to an aromatic ring is 2. The van der Waals surface area contributed by atoms with E-state index in [0.717, 1.165) is 53.9 Å². The number of benzene rings is 1. The summed E-state index contributed by atoms with van der Waals surface area (Å²) in [5, 5.41) is 0. The molecule has 0 spiro atoms. The predicted octanol–water partition coefficient (Wildman–Crippen LogP) is 8.82. The molecule has 4 aliphatic carbocycles. The number of fused-ring (bicyclic) bond motifs is 5. The summed E-state index contributed by atoms with van der Waals surface area (Å²) < 4.78 is 6.07. The van der Waals surface area contributed by atoms with E-state index in [9.17, 15) is 4.79 Å². The Bertz CT molecular complexity index is 1020. The van der Waals surface area contributed by atoms with E-state index in [1.165, 1.54) is 64.2 Å². The Balaban J connectivity index is 1.16. The first-order valence-corrected chi connectivity index (χ1v) is 16.8. The molecule has 0 aromatic heterocycles. The first-order valence-electron chi connectivity index (χ1n) is 16.8. The molecule has 4 aliphatic rings. The number of nitrogens with two attached hydrogens (primary N) is 2. The van der Waals surface area contributed by atoms with Gasteiger partial charge in [0.2, 0.25) is 0 Å². The van der Waals surface area contributed by atoms with Gasteiger partial charge >= 0.3 is 5.97 Å². The fourth-order valence-electron chi connectivity index (χ4n) is 10.7. The third-order valence-electron chi connectivity index (χ3n) is 12.8. The van der Waals surface area contributed by atoms with E-state index in [1.54, 1.807) is 6.07 Å². The largest absolute Gasteiger partial charge is 0.462 e. The number of aryl methyl sites for hydroxylation is 1. The Morgan fingerprint density at radius 2 is 1.60 bits per heavy atom. The highest BCUT2D eigenvalue weighted by Crippen LogP contribution is 2.68. The highest BCUT2D eigenvalue weighted by atomic mass is 16.5. The lowest BCUT2D eigenvalue weighted by Gasteiger charge is -2.61. The van der Waals surface area contributed by atoms with Crippen LogP contribution in [0.2, 0.25) is 0 Å². The maximum atomic E-state index is 12.8. The second kappa shape index (κ2) is 11.9. The third-order valence-corrected chi connectivity index (χ3v) is 12.8. The molecule has 4 nitrogen and oxygen atoms in total.